The Morgan fingerprint density at radius 2 is 2.40 bits per heavy atom. The summed E-state index contributed by atoms with van der Waals surface area (Å²) in [6.07, 6.45) is 5.52. The standard InChI is InChI=1S/C10H7N3OS/c14-7-5-13-9(10-12-3-4-15-10)8-6(7)1-2-11-8/h2-5,9H,1H2. The van der Waals surface area contributed by atoms with Crippen LogP contribution in [0.4, 0.5) is 0 Å². The topological polar surface area (TPSA) is 54.7 Å². The molecule has 74 valence electrons. The Labute approximate surface area is 90.1 Å². The van der Waals surface area contributed by atoms with Gasteiger partial charge in [0.25, 0.3) is 0 Å². The quantitative estimate of drug-likeness (QED) is 0.716. The maximum Gasteiger partial charge on any atom is 0.201 e. The Morgan fingerprint density at radius 1 is 1.47 bits per heavy atom. The molecule has 0 saturated heterocycles. The van der Waals surface area contributed by atoms with Crippen LogP contribution < -0.4 is 0 Å². The molecule has 4 nitrogen and oxygen atoms in total. The second kappa shape index (κ2) is 3.20. The summed E-state index contributed by atoms with van der Waals surface area (Å²) in [4.78, 5) is 24.1. The lowest BCUT2D eigenvalue weighted by Crippen LogP contribution is -2.14. The van der Waals surface area contributed by atoms with Crippen molar-refractivity contribution >= 4 is 29.5 Å². The lowest BCUT2D eigenvalue weighted by atomic mass is 10.0. The van der Waals surface area contributed by atoms with E-state index < -0.39 is 0 Å². The van der Waals surface area contributed by atoms with Crippen LogP contribution in [0.15, 0.2) is 32.8 Å². The number of ketones is 1. The highest BCUT2D eigenvalue weighted by atomic mass is 32.1. The van der Waals surface area contributed by atoms with Crippen molar-refractivity contribution in [3.05, 3.63) is 27.9 Å². The van der Waals surface area contributed by atoms with Gasteiger partial charge >= 0.3 is 0 Å². The zero-order valence-corrected chi connectivity index (χ0v) is 8.57. The number of Topliss-reactive ketones (excluding diaryl/α,β-unsaturated/α-hetero) is 1. The first-order valence-electron chi connectivity index (χ1n) is 4.59. The largest absolute Gasteiger partial charge is 0.288 e. The number of aliphatic imine (C=N–C) groups is 2. The molecule has 0 fully saturated rings. The van der Waals surface area contributed by atoms with Gasteiger partial charge in [0.1, 0.15) is 11.0 Å². The highest BCUT2D eigenvalue weighted by molar-refractivity contribution is 7.09. The summed E-state index contributed by atoms with van der Waals surface area (Å²) in [6.45, 7) is 0. The molecule has 15 heavy (non-hydrogen) atoms. The summed E-state index contributed by atoms with van der Waals surface area (Å²) in [5.74, 6) is -0.0182. The van der Waals surface area contributed by atoms with E-state index in [9.17, 15) is 4.79 Å². The summed E-state index contributed by atoms with van der Waals surface area (Å²) < 4.78 is 0. The molecule has 2 aliphatic rings. The first-order valence-corrected chi connectivity index (χ1v) is 5.46. The van der Waals surface area contributed by atoms with Crippen molar-refractivity contribution < 1.29 is 4.79 Å². The molecule has 3 rings (SSSR count). The lowest BCUT2D eigenvalue weighted by Gasteiger charge is -2.14. The van der Waals surface area contributed by atoms with Crippen LogP contribution in [0.5, 0.6) is 0 Å². The van der Waals surface area contributed by atoms with Crippen LogP contribution in [0.1, 0.15) is 17.5 Å². The first kappa shape index (κ1) is 8.67. The number of carbonyl (C=O) groups excluding carboxylic acids is 1. The van der Waals surface area contributed by atoms with Gasteiger partial charge < -0.3 is 0 Å². The van der Waals surface area contributed by atoms with Gasteiger partial charge in [-0.2, -0.15) is 0 Å². The van der Waals surface area contributed by atoms with Gasteiger partial charge in [-0.25, -0.2) is 4.98 Å². The molecule has 0 radical (unpaired) electrons. The van der Waals surface area contributed by atoms with E-state index in [0.717, 1.165) is 16.3 Å². The number of dihydropyridines is 1. The first-order chi connectivity index (χ1) is 7.36. The number of rotatable bonds is 1. The van der Waals surface area contributed by atoms with E-state index in [1.54, 1.807) is 12.4 Å². The molecule has 0 saturated carbocycles. The minimum absolute atomic E-state index is 0.0182. The number of hydrogen-bond acceptors (Lipinski definition) is 5. The van der Waals surface area contributed by atoms with Gasteiger partial charge in [-0.05, 0) is 0 Å². The second-order valence-electron chi connectivity index (χ2n) is 3.29. The molecule has 0 N–H and O–H groups in total. The average molecular weight is 217 g/mol. The minimum atomic E-state index is -0.170. The van der Waals surface area contributed by atoms with E-state index in [1.165, 1.54) is 17.6 Å². The number of thiazole rings is 1. The molecule has 3 heterocycles. The van der Waals surface area contributed by atoms with E-state index in [-0.39, 0.29) is 11.8 Å². The van der Waals surface area contributed by atoms with Gasteiger partial charge in [0.05, 0.1) is 11.9 Å². The monoisotopic (exact) mass is 217 g/mol. The number of allylic oxidation sites excluding steroid dienone is 1. The fourth-order valence-electron chi connectivity index (χ4n) is 1.72. The van der Waals surface area contributed by atoms with Crippen LogP contribution in [-0.4, -0.2) is 23.2 Å². The van der Waals surface area contributed by atoms with Crippen LogP contribution in [0.2, 0.25) is 0 Å². The Morgan fingerprint density at radius 3 is 3.20 bits per heavy atom. The Balaban J connectivity index is 2.08. The van der Waals surface area contributed by atoms with Crippen molar-refractivity contribution in [1.29, 1.82) is 0 Å². The molecule has 1 atom stereocenters. The molecule has 1 aromatic rings. The van der Waals surface area contributed by atoms with Crippen molar-refractivity contribution in [1.82, 2.24) is 4.98 Å². The normalized spacial score (nSPS) is 23.7. The minimum Gasteiger partial charge on any atom is -0.288 e. The smallest absolute Gasteiger partial charge is 0.201 e. The molecule has 5 heteroatoms. The number of carbonyl (C=O) groups is 1. The van der Waals surface area contributed by atoms with Crippen molar-refractivity contribution in [3.8, 4) is 0 Å². The molecule has 0 aliphatic carbocycles. The van der Waals surface area contributed by atoms with E-state index in [1.807, 2.05) is 5.38 Å². The third-order valence-corrected chi connectivity index (χ3v) is 3.25. The second-order valence-corrected chi connectivity index (χ2v) is 4.22. The van der Waals surface area contributed by atoms with Crippen LogP contribution in [0.25, 0.3) is 0 Å². The van der Waals surface area contributed by atoms with E-state index >= 15 is 0 Å². The highest BCUT2D eigenvalue weighted by Gasteiger charge is 2.29. The van der Waals surface area contributed by atoms with Gasteiger partial charge in [-0.1, -0.05) is 0 Å². The Bertz CT molecular complexity index is 499. The van der Waals surface area contributed by atoms with Crippen LogP contribution in [0.3, 0.4) is 0 Å². The Kier molecular flexibility index (Phi) is 1.85. The maximum absolute atomic E-state index is 11.5. The SMILES string of the molecule is O=C1C=NC(c2nccs2)C2=C1CC=N2. The maximum atomic E-state index is 11.5. The summed E-state index contributed by atoms with van der Waals surface area (Å²) in [7, 11) is 0. The fraction of sp³-hybridized carbons (Fsp3) is 0.200. The number of hydrogen-bond donors (Lipinski definition) is 0. The van der Waals surface area contributed by atoms with E-state index in [4.69, 9.17) is 0 Å². The summed E-state index contributed by atoms with van der Waals surface area (Å²) in [5, 5.41) is 2.80. The summed E-state index contributed by atoms with van der Waals surface area (Å²) in [6, 6.07) is -0.170. The lowest BCUT2D eigenvalue weighted by molar-refractivity contribution is -0.109. The van der Waals surface area contributed by atoms with Gasteiger partial charge in [-0.3, -0.25) is 14.8 Å². The molecule has 0 amide bonds. The fourth-order valence-corrected chi connectivity index (χ4v) is 2.41. The molecule has 2 aliphatic heterocycles. The summed E-state index contributed by atoms with van der Waals surface area (Å²) in [5.41, 5.74) is 1.54. The molecule has 0 spiro atoms. The number of nitrogens with zero attached hydrogens (tertiary/aromatic N) is 3. The van der Waals surface area contributed by atoms with Crippen molar-refractivity contribution in [2.75, 3.05) is 0 Å². The molecular weight excluding hydrogens is 210 g/mol. The molecule has 1 unspecified atom stereocenters. The third kappa shape index (κ3) is 1.27. The molecule has 1 aromatic heterocycles. The zero-order chi connectivity index (χ0) is 10.3. The molecule has 0 bridgehead atoms. The molecule has 0 aromatic carbocycles. The van der Waals surface area contributed by atoms with Crippen LogP contribution in [-0.2, 0) is 4.79 Å². The highest BCUT2D eigenvalue weighted by Crippen LogP contribution is 2.35. The molecular formula is C10H7N3OS. The van der Waals surface area contributed by atoms with E-state index in [2.05, 4.69) is 15.0 Å². The van der Waals surface area contributed by atoms with Gasteiger partial charge in [0.2, 0.25) is 5.78 Å². The van der Waals surface area contributed by atoms with Crippen molar-refractivity contribution in [3.63, 3.8) is 0 Å². The summed E-state index contributed by atoms with van der Waals surface area (Å²) >= 11 is 1.54. The Hall–Kier alpha value is -1.62. The number of aromatic nitrogens is 1. The third-order valence-electron chi connectivity index (χ3n) is 2.42. The zero-order valence-electron chi connectivity index (χ0n) is 7.75. The van der Waals surface area contributed by atoms with Gasteiger partial charge in [0.15, 0.2) is 0 Å². The van der Waals surface area contributed by atoms with Gasteiger partial charge in [0, 0.05) is 29.8 Å². The predicted molar refractivity (Wildman–Crippen MR) is 58.5 cm³/mol. The van der Waals surface area contributed by atoms with Gasteiger partial charge in [-0.15, -0.1) is 11.3 Å². The van der Waals surface area contributed by atoms with Crippen molar-refractivity contribution in [2.45, 2.75) is 12.5 Å². The van der Waals surface area contributed by atoms with E-state index in [0.29, 0.717) is 6.42 Å². The average Bonchev–Trinajstić information content (AvgIpc) is 2.88. The predicted octanol–water partition coefficient (Wildman–Crippen LogP) is 1.57. The van der Waals surface area contributed by atoms with Crippen molar-refractivity contribution in [2.24, 2.45) is 9.98 Å². The van der Waals surface area contributed by atoms with Crippen LogP contribution in [0, 0.1) is 0 Å². The van der Waals surface area contributed by atoms with Crippen LogP contribution >= 0.6 is 11.3 Å².